The number of ether oxygens (including phenoxy) is 1. The Hall–Kier alpha value is -3.30. The number of nitrogens with zero attached hydrogens (tertiary/aromatic N) is 3. The van der Waals surface area contributed by atoms with E-state index in [1.54, 1.807) is 0 Å². The molecule has 222 valence electrons. The van der Waals surface area contributed by atoms with Crippen molar-refractivity contribution in [3.05, 3.63) is 101 Å². The van der Waals surface area contributed by atoms with Gasteiger partial charge < -0.3 is 15.2 Å². The summed E-state index contributed by atoms with van der Waals surface area (Å²) in [5.74, 6) is 0.113. The monoisotopic (exact) mass is 704 g/mol. The molecule has 9 heteroatoms. The smallest absolute Gasteiger partial charge is 0.305 e. The maximum Gasteiger partial charge on any atom is 0.305 e. The van der Waals surface area contributed by atoms with Gasteiger partial charge in [-0.2, -0.15) is 0 Å². The van der Waals surface area contributed by atoms with Crippen molar-refractivity contribution >= 4 is 55.0 Å². The van der Waals surface area contributed by atoms with Crippen LogP contribution in [0.5, 0.6) is 0 Å². The topological polar surface area (TPSA) is 95.6 Å². The number of aliphatic hydroxyl groups is 1. The van der Waals surface area contributed by atoms with Crippen LogP contribution in [0.15, 0.2) is 116 Å². The van der Waals surface area contributed by atoms with Crippen molar-refractivity contribution in [2.75, 3.05) is 7.11 Å². The molecular weight excluding hydrogens is 672 g/mol. The maximum atomic E-state index is 12.3. The zero-order chi connectivity index (χ0) is 30.7. The zero-order valence-electron chi connectivity index (χ0n) is 25.2. The molecule has 0 unspecified atom stereocenters. The molecule has 0 radical (unpaired) electrons. The van der Waals surface area contributed by atoms with Crippen molar-refractivity contribution in [1.82, 2.24) is 5.32 Å². The van der Waals surface area contributed by atoms with Crippen LogP contribution in [0.3, 0.4) is 0 Å². The highest BCUT2D eigenvalue weighted by Crippen LogP contribution is 2.48. The number of hydrogen-bond donors (Lipinski definition) is 2. The first kappa shape index (κ1) is 29.8. The quantitative estimate of drug-likeness (QED) is 0.282. The van der Waals surface area contributed by atoms with E-state index in [0.717, 1.165) is 90.0 Å². The number of aliphatic hydroxyl groups excluding tert-OH is 1. The summed E-state index contributed by atoms with van der Waals surface area (Å²) in [4.78, 5) is 29.4. The highest BCUT2D eigenvalue weighted by molar-refractivity contribution is 9.12. The Kier molecular flexibility index (Phi) is 7.84. The number of esters is 1. The van der Waals surface area contributed by atoms with Crippen LogP contribution in [-0.4, -0.2) is 35.3 Å². The molecule has 6 aliphatic rings. The third kappa shape index (κ3) is 4.75. The Labute approximate surface area is 269 Å². The minimum absolute atomic E-state index is 0.00745. The number of nitrogens with one attached hydrogen (secondary N) is 1. The number of halogens is 2. The van der Waals surface area contributed by atoms with Crippen LogP contribution in [0, 0.1) is 11.8 Å². The summed E-state index contributed by atoms with van der Waals surface area (Å²) < 4.78 is 5.87. The van der Waals surface area contributed by atoms with E-state index in [1.165, 1.54) is 12.7 Å². The van der Waals surface area contributed by atoms with Gasteiger partial charge in [-0.25, -0.2) is 15.0 Å². The second-order valence-electron chi connectivity index (χ2n) is 11.5. The number of carbonyl (C=O) groups excluding carboxylic acids is 1. The van der Waals surface area contributed by atoms with Crippen molar-refractivity contribution in [3.63, 3.8) is 0 Å². The lowest BCUT2D eigenvalue weighted by molar-refractivity contribution is -0.140. The maximum absolute atomic E-state index is 12.3. The molecule has 1 fully saturated rings. The molecule has 0 saturated carbocycles. The summed E-state index contributed by atoms with van der Waals surface area (Å²) in [7, 11) is 1.42. The van der Waals surface area contributed by atoms with E-state index in [4.69, 9.17) is 19.7 Å². The molecule has 7 nitrogen and oxygen atoms in total. The van der Waals surface area contributed by atoms with Gasteiger partial charge in [0.05, 0.1) is 45.8 Å². The molecule has 0 aromatic carbocycles. The van der Waals surface area contributed by atoms with Crippen LogP contribution in [0.25, 0.3) is 0 Å². The predicted octanol–water partition coefficient (Wildman–Crippen LogP) is 8.24. The molecule has 0 aromatic rings. The molecule has 1 saturated heterocycles. The molecule has 1 aliphatic carbocycles. The van der Waals surface area contributed by atoms with Crippen LogP contribution in [-0.2, 0) is 9.53 Å². The van der Waals surface area contributed by atoms with Crippen molar-refractivity contribution in [1.29, 1.82) is 0 Å². The van der Waals surface area contributed by atoms with Crippen LogP contribution in [0.1, 0.15) is 60.3 Å². The van der Waals surface area contributed by atoms with Crippen LogP contribution < -0.4 is 5.32 Å². The average Bonchev–Trinajstić information content (AvgIpc) is 3.74. The second-order valence-corrected chi connectivity index (χ2v) is 12.9. The third-order valence-electron chi connectivity index (χ3n) is 9.29. The van der Waals surface area contributed by atoms with E-state index in [0.29, 0.717) is 25.0 Å². The first-order valence-electron chi connectivity index (χ1n) is 14.6. The number of hydrogen-bond acceptors (Lipinski definition) is 7. The molecule has 0 aromatic heterocycles. The first-order valence-corrected chi connectivity index (χ1v) is 16.3. The third-order valence-corrected chi connectivity index (χ3v) is 10.4. The lowest BCUT2D eigenvalue weighted by Crippen LogP contribution is -2.16. The van der Waals surface area contributed by atoms with E-state index >= 15 is 0 Å². The normalized spacial score (nSPS) is 24.9. The minimum Gasteiger partial charge on any atom is -0.511 e. The molecule has 0 amide bonds. The van der Waals surface area contributed by atoms with Gasteiger partial charge >= 0.3 is 5.97 Å². The van der Waals surface area contributed by atoms with E-state index in [-0.39, 0.29) is 17.8 Å². The van der Waals surface area contributed by atoms with E-state index in [2.05, 4.69) is 70.9 Å². The predicted molar refractivity (Wildman–Crippen MR) is 179 cm³/mol. The standard InChI is InChI=1S/C34H34Br2N4O3/c1-7-19-15(2)23-13-26-20(10-11-35)16(3)31(39-26)30(36)32-17(4)21(8-9-28(42)43-6)33(40-32)22-12-27(41)29-18(5)24(38-34(22)29)14-25(19)37-23/h10-11,13-14,17,21,40-41H,7-9,12H2,1-6H3/b11-10-,25-14?,26-13?,32-30?,33-22?/t17-,21-/m1/s1. The zero-order valence-corrected chi connectivity index (χ0v) is 28.3. The fraction of sp³-hybridized carbons (Fsp3) is 0.353. The Morgan fingerprint density at radius 1 is 1.09 bits per heavy atom. The Balaban J connectivity index is 1.63. The van der Waals surface area contributed by atoms with Gasteiger partial charge in [-0.15, -0.1) is 0 Å². The fourth-order valence-electron chi connectivity index (χ4n) is 6.87. The van der Waals surface area contributed by atoms with Gasteiger partial charge in [-0.1, -0.05) is 29.8 Å². The van der Waals surface area contributed by atoms with E-state index < -0.39 is 0 Å². The molecule has 43 heavy (non-hydrogen) atoms. The summed E-state index contributed by atoms with van der Waals surface area (Å²) in [6.45, 7) is 10.5. The Morgan fingerprint density at radius 3 is 2.56 bits per heavy atom. The van der Waals surface area contributed by atoms with Gasteiger partial charge in [-0.3, -0.25) is 4.79 Å². The minimum atomic E-state index is -0.240. The van der Waals surface area contributed by atoms with Crippen LogP contribution >= 0.6 is 31.9 Å². The van der Waals surface area contributed by atoms with Crippen molar-refractivity contribution in [2.24, 2.45) is 26.8 Å². The van der Waals surface area contributed by atoms with Gasteiger partial charge in [0.15, 0.2) is 0 Å². The van der Waals surface area contributed by atoms with Crippen LogP contribution in [0.2, 0.25) is 0 Å². The number of rotatable bonds is 5. The Morgan fingerprint density at radius 2 is 1.86 bits per heavy atom. The molecular formula is C34H34Br2N4O3. The average molecular weight is 706 g/mol. The van der Waals surface area contributed by atoms with E-state index in [1.807, 2.05) is 24.1 Å². The first-order chi connectivity index (χ1) is 20.6. The van der Waals surface area contributed by atoms with Gasteiger partial charge in [0.1, 0.15) is 5.76 Å². The number of fused-ring (bicyclic) bond motifs is 5. The Bertz CT molecular complexity index is 1770. The number of methoxy groups -OCH3 is 1. The lowest BCUT2D eigenvalue weighted by atomic mass is 9.86. The fourth-order valence-corrected chi connectivity index (χ4v) is 7.98. The van der Waals surface area contributed by atoms with Gasteiger partial charge in [0, 0.05) is 52.8 Å². The van der Waals surface area contributed by atoms with Gasteiger partial charge in [-0.05, 0) is 95.0 Å². The van der Waals surface area contributed by atoms with Crippen LogP contribution in [0.4, 0.5) is 0 Å². The number of carbonyl (C=O) groups is 1. The largest absolute Gasteiger partial charge is 0.511 e. The van der Waals surface area contributed by atoms with Crippen molar-refractivity contribution in [3.8, 4) is 0 Å². The molecule has 2 N–H and O–H groups in total. The highest BCUT2D eigenvalue weighted by Gasteiger charge is 2.42. The van der Waals surface area contributed by atoms with Crippen molar-refractivity contribution in [2.45, 2.75) is 60.3 Å². The highest BCUT2D eigenvalue weighted by atomic mass is 79.9. The SMILES string of the molecule is CCC1=C(C)C2=NC1=CC1=C(C)C3=C(O)CC(=C4NC(=C(Br)C5=NC(=C2)C(/C=C\Br)=C5C)[C@H](C)[C@H]4CCC(=O)OC)C3=N1. The summed E-state index contributed by atoms with van der Waals surface area (Å²) in [6.07, 6.45) is 8.26. The molecule has 5 aliphatic heterocycles. The van der Waals surface area contributed by atoms with Crippen molar-refractivity contribution < 1.29 is 14.6 Å². The summed E-state index contributed by atoms with van der Waals surface area (Å²) in [6, 6.07) is 0. The summed E-state index contributed by atoms with van der Waals surface area (Å²) in [5.41, 5.74) is 14.1. The summed E-state index contributed by atoms with van der Waals surface area (Å²) in [5, 5.41) is 15.0. The lowest BCUT2D eigenvalue weighted by Gasteiger charge is -2.17. The van der Waals surface area contributed by atoms with Gasteiger partial charge in [0.25, 0.3) is 0 Å². The van der Waals surface area contributed by atoms with Gasteiger partial charge in [0.2, 0.25) is 0 Å². The van der Waals surface area contributed by atoms with E-state index in [9.17, 15) is 9.90 Å². The molecule has 8 bridgehead atoms. The molecule has 2 atom stereocenters. The second kappa shape index (κ2) is 11.3. The molecule has 5 heterocycles. The molecule has 0 spiro atoms. The number of aliphatic imine (C=N–C) groups is 3. The summed E-state index contributed by atoms with van der Waals surface area (Å²) >= 11 is 7.42. The number of allylic oxidation sites excluding steroid dienone is 12. The molecule has 6 rings (SSSR count).